The number of nitrogens with zero attached hydrogens (tertiary/aromatic N) is 1. The average molecular weight is 873 g/mol. The van der Waals surface area contributed by atoms with Crippen LogP contribution in [0.1, 0.15) is 112 Å². The summed E-state index contributed by atoms with van der Waals surface area (Å²) in [6, 6.07) is 3.07. The van der Waals surface area contributed by atoms with Gasteiger partial charge in [0, 0.05) is 52.0 Å². The Kier molecular flexibility index (Phi) is 17.8. The summed E-state index contributed by atoms with van der Waals surface area (Å²) >= 11 is 1.65. The molecule has 14 unspecified atom stereocenters. The van der Waals surface area contributed by atoms with Crippen LogP contribution in [0.15, 0.2) is 40.8 Å². The highest BCUT2D eigenvalue weighted by atomic mass is 32.1. The van der Waals surface area contributed by atoms with Crippen molar-refractivity contribution in [2.75, 3.05) is 33.2 Å². The lowest BCUT2D eigenvalue weighted by molar-refractivity contribution is -0.302. The van der Waals surface area contributed by atoms with Crippen LogP contribution in [0.2, 0.25) is 0 Å². The number of esters is 1. The van der Waals surface area contributed by atoms with Crippen molar-refractivity contribution < 1.29 is 53.1 Å². The minimum atomic E-state index is -2.50. The van der Waals surface area contributed by atoms with Gasteiger partial charge in [0.2, 0.25) is 5.79 Å². The Bertz CT molecular complexity index is 1700. The number of hydrogen-bond donors (Lipinski definition) is 3. The molecule has 61 heavy (non-hydrogen) atoms. The number of Topliss-reactive ketones (excluding diaryl/α,β-unsaturated/α-hetero) is 2. The molecule has 4 heterocycles. The molecule has 1 aromatic heterocycles. The van der Waals surface area contributed by atoms with Crippen molar-refractivity contribution in [2.24, 2.45) is 29.6 Å². The number of aliphatic hydroxyl groups is 2. The van der Waals surface area contributed by atoms with E-state index in [1.165, 1.54) is 4.90 Å². The van der Waals surface area contributed by atoms with E-state index in [9.17, 15) is 29.4 Å². The third-order valence-electron chi connectivity index (χ3n) is 13.8. The van der Waals surface area contributed by atoms with Gasteiger partial charge in [0.25, 0.3) is 11.7 Å². The van der Waals surface area contributed by atoms with Gasteiger partial charge in [-0.25, -0.2) is 4.79 Å². The van der Waals surface area contributed by atoms with Crippen LogP contribution >= 0.6 is 11.3 Å². The van der Waals surface area contributed by atoms with Gasteiger partial charge in [-0.05, 0) is 113 Å². The lowest BCUT2D eigenvalue weighted by Crippen LogP contribution is -2.64. The number of cyclic esters (lactones) is 1. The number of allylic oxidation sites excluding steroid dienone is 3. The van der Waals surface area contributed by atoms with Gasteiger partial charge >= 0.3 is 5.97 Å². The number of hydrogen-bond acceptors (Lipinski definition) is 13. The first-order valence-corrected chi connectivity index (χ1v) is 23.3. The van der Waals surface area contributed by atoms with Crippen LogP contribution in [0, 0.1) is 29.6 Å². The van der Waals surface area contributed by atoms with Crippen molar-refractivity contribution in [3.05, 3.63) is 40.8 Å². The summed E-state index contributed by atoms with van der Waals surface area (Å²) in [4.78, 5) is 58.2. The molecule has 2 saturated heterocycles. The van der Waals surface area contributed by atoms with E-state index in [0.717, 1.165) is 35.4 Å². The fourth-order valence-electron chi connectivity index (χ4n) is 10.1. The molecular formula is C47H72N2O11S. The van der Waals surface area contributed by atoms with Crippen LogP contribution in [0.25, 0.3) is 0 Å². The zero-order chi connectivity index (χ0) is 44.6. The van der Waals surface area contributed by atoms with Gasteiger partial charge in [0.15, 0.2) is 0 Å². The fraction of sp³-hybridized carbons (Fsp3) is 0.745. The lowest BCUT2D eigenvalue weighted by atomic mass is 9.81. The SMILES string of the molecule is CCC1/C=C(\C)CC(C)CC(OC)C2OC(O)(C(=O)C(=O)N3CCCCC3C(=O)OC(C(C)=CC3CCC(Nc4cccs4)C(OC)C3)C(C)C(O)CC1=O)C(C)CC2OC. The van der Waals surface area contributed by atoms with Gasteiger partial charge in [-0.3, -0.25) is 14.4 Å². The molecule has 0 spiro atoms. The molecule has 1 saturated carbocycles. The second-order valence-corrected chi connectivity index (χ2v) is 19.3. The first-order valence-electron chi connectivity index (χ1n) is 22.5. The number of carbonyl (C=O) groups is 4. The molecule has 1 aromatic rings. The molecule has 14 atom stereocenters. The van der Waals surface area contributed by atoms with Crippen molar-refractivity contribution in [1.29, 1.82) is 0 Å². The molecule has 1 amide bonds. The largest absolute Gasteiger partial charge is 0.456 e. The Hall–Kier alpha value is -2.98. The molecule has 342 valence electrons. The number of ketones is 2. The summed E-state index contributed by atoms with van der Waals surface area (Å²) in [5.74, 6) is -7.29. The van der Waals surface area contributed by atoms with Gasteiger partial charge in [0.05, 0.1) is 35.5 Å². The number of aliphatic hydroxyl groups excluding tert-OH is 1. The van der Waals surface area contributed by atoms with Crippen LogP contribution in [0.5, 0.6) is 0 Å². The second-order valence-electron chi connectivity index (χ2n) is 18.3. The third kappa shape index (κ3) is 11.8. The van der Waals surface area contributed by atoms with Gasteiger partial charge < -0.3 is 44.1 Å². The minimum Gasteiger partial charge on any atom is -0.456 e. The number of rotatable bonds is 8. The van der Waals surface area contributed by atoms with Crippen molar-refractivity contribution in [2.45, 2.75) is 167 Å². The fourth-order valence-corrected chi connectivity index (χ4v) is 10.8. The molecule has 1 aliphatic carbocycles. The zero-order valence-electron chi connectivity index (χ0n) is 37.8. The molecule has 14 heteroatoms. The van der Waals surface area contributed by atoms with E-state index in [1.54, 1.807) is 46.5 Å². The maximum atomic E-state index is 14.5. The molecule has 0 aromatic carbocycles. The number of amides is 1. The van der Waals surface area contributed by atoms with Gasteiger partial charge in [-0.2, -0.15) is 0 Å². The Morgan fingerprint density at radius 3 is 2.34 bits per heavy atom. The molecule has 2 bridgehead atoms. The maximum absolute atomic E-state index is 14.5. The molecule has 4 aliphatic rings. The van der Waals surface area contributed by atoms with E-state index in [1.807, 2.05) is 38.3 Å². The quantitative estimate of drug-likeness (QED) is 0.145. The maximum Gasteiger partial charge on any atom is 0.329 e. The number of methoxy groups -OCH3 is 3. The number of carbonyl (C=O) groups excluding carboxylic acids is 4. The normalized spacial score (nSPS) is 39.1. The summed E-state index contributed by atoms with van der Waals surface area (Å²) in [6.45, 7) is 11.4. The first kappa shape index (κ1) is 49.0. The lowest BCUT2D eigenvalue weighted by Gasteiger charge is -2.47. The van der Waals surface area contributed by atoms with E-state index in [4.69, 9.17) is 23.7 Å². The highest BCUT2D eigenvalue weighted by Gasteiger charge is 2.56. The number of nitrogens with one attached hydrogen (secondary N) is 1. The number of anilines is 1. The van der Waals surface area contributed by atoms with E-state index < -0.39 is 77.8 Å². The van der Waals surface area contributed by atoms with Crippen LogP contribution < -0.4 is 5.32 Å². The smallest absolute Gasteiger partial charge is 0.329 e. The summed E-state index contributed by atoms with van der Waals surface area (Å²) < 4.78 is 30.4. The van der Waals surface area contributed by atoms with Gasteiger partial charge in [0.1, 0.15) is 24.0 Å². The first-order chi connectivity index (χ1) is 29.0. The standard InChI is InChI=1S/C47H72N2O11S/c1-10-33-21-27(2)20-28(3)22-39(57-8)43-40(58-9)24-30(5)47(55,60-43)44(52)45(53)49-18-12-11-14-35(49)46(54)59-42(31(6)36(50)26-37(33)51)29(4)23-32-16-17-34(38(25-32)56-7)48-41-15-13-19-61-41/h13,15,19,21,23,28,30-36,38-40,42-43,48,50,55H,10-12,14,16-18,20,22,24-26H2,1-9H3/b27-21+,29-23?. The van der Waals surface area contributed by atoms with Gasteiger partial charge in [-0.15, -0.1) is 11.3 Å². The Balaban J connectivity index is 1.49. The second kappa shape index (κ2) is 22.1. The van der Waals surface area contributed by atoms with Gasteiger partial charge in [-0.1, -0.05) is 45.4 Å². The van der Waals surface area contributed by atoms with Crippen LogP contribution in [-0.2, 0) is 42.9 Å². The molecule has 13 nitrogen and oxygen atoms in total. The Morgan fingerprint density at radius 2 is 1.69 bits per heavy atom. The number of ether oxygens (including phenoxy) is 5. The molecule has 5 rings (SSSR count). The van der Waals surface area contributed by atoms with E-state index in [2.05, 4.69) is 24.4 Å². The molecule has 3 aliphatic heterocycles. The van der Waals surface area contributed by atoms with Crippen LogP contribution in [0.3, 0.4) is 0 Å². The Labute approximate surface area is 366 Å². The number of piperidine rings is 1. The highest BCUT2D eigenvalue weighted by molar-refractivity contribution is 7.14. The number of fused-ring (bicyclic) bond motifs is 3. The average Bonchev–Trinajstić information content (AvgIpc) is 3.77. The summed E-state index contributed by atoms with van der Waals surface area (Å²) in [5, 5.41) is 30.6. The predicted molar refractivity (Wildman–Crippen MR) is 234 cm³/mol. The molecule has 0 radical (unpaired) electrons. The monoisotopic (exact) mass is 872 g/mol. The minimum absolute atomic E-state index is 0.0404. The Morgan fingerprint density at radius 1 is 0.984 bits per heavy atom. The van der Waals surface area contributed by atoms with Crippen molar-refractivity contribution in [3.63, 3.8) is 0 Å². The molecule has 3 fully saturated rings. The summed E-state index contributed by atoms with van der Waals surface area (Å²) in [6.07, 6.45) is 5.51. The van der Waals surface area contributed by atoms with Crippen molar-refractivity contribution in [3.8, 4) is 0 Å². The van der Waals surface area contributed by atoms with E-state index in [-0.39, 0.29) is 55.6 Å². The van der Waals surface area contributed by atoms with Crippen LogP contribution in [0.4, 0.5) is 5.00 Å². The topological polar surface area (TPSA) is 170 Å². The van der Waals surface area contributed by atoms with Crippen molar-refractivity contribution >= 4 is 39.8 Å². The molecule has 3 N–H and O–H groups in total. The predicted octanol–water partition coefficient (Wildman–Crippen LogP) is 6.65. The number of thiophene rings is 1. The molecular weight excluding hydrogens is 801 g/mol. The van der Waals surface area contributed by atoms with Crippen molar-refractivity contribution in [1.82, 2.24) is 4.90 Å². The summed E-state index contributed by atoms with van der Waals surface area (Å²) in [5.41, 5.74) is 1.73. The summed E-state index contributed by atoms with van der Waals surface area (Å²) in [7, 11) is 4.80. The van der Waals surface area contributed by atoms with E-state index >= 15 is 0 Å². The van der Waals surface area contributed by atoms with E-state index in [0.29, 0.717) is 32.1 Å². The third-order valence-corrected chi connectivity index (χ3v) is 14.6. The van der Waals surface area contributed by atoms with Crippen LogP contribution in [-0.4, -0.2) is 121 Å². The highest BCUT2D eigenvalue weighted by Crippen LogP contribution is 2.39. The zero-order valence-corrected chi connectivity index (χ0v) is 38.6.